The van der Waals surface area contributed by atoms with Gasteiger partial charge in [-0.25, -0.2) is 0 Å². The van der Waals surface area contributed by atoms with E-state index in [1.165, 1.54) is 0 Å². The van der Waals surface area contributed by atoms with Gasteiger partial charge < -0.3 is 4.74 Å². The van der Waals surface area contributed by atoms with Crippen LogP contribution in [0.3, 0.4) is 0 Å². The number of ether oxygens (including phenoxy) is 1. The largest absolute Gasteiger partial charge is 0.465 e. The number of halogens is 1. The second kappa shape index (κ2) is 9.96. The van der Waals surface area contributed by atoms with E-state index in [0.717, 1.165) is 5.56 Å². The van der Waals surface area contributed by atoms with Gasteiger partial charge in [-0.2, -0.15) is 0 Å². The molecule has 0 aliphatic rings. The van der Waals surface area contributed by atoms with Gasteiger partial charge >= 0.3 is 5.97 Å². The Labute approximate surface area is 148 Å². The fourth-order valence-electron chi connectivity index (χ4n) is 2.35. The first kappa shape index (κ1) is 20.0. The van der Waals surface area contributed by atoms with Crippen molar-refractivity contribution in [2.75, 3.05) is 6.61 Å². The molecule has 126 valence electrons. The van der Waals surface area contributed by atoms with Crippen LogP contribution in [0.25, 0.3) is 0 Å². The molecule has 0 bridgehead atoms. The highest BCUT2D eigenvalue weighted by molar-refractivity contribution is 7.00. The molecule has 0 aliphatic carbocycles. The van der Waals surface area contributed by atoms with Crippen LogP contribution in [0.1, 0.15) is 34.3 Å². The van der Waals surface area contributed by atoms with Crippen LogP contribution in [0.4, 0.5) is 0 Å². The van der Waals surface area contributed by atoms with E-state index in [9.17, 15) is 9.59 Å². The van der Waals surface area contributed by atoms with Crippen molar-refractivity contribution in [1.29, 1.82) is 0 Å². The Bertz CT molecular complexity index is 683. The number of benzene rings is 2. The number of aryl methyl sites for hydroxylation is 1. The molecule has 0 saturated carbocycles. The summed E-state index contributed by atoms with van der Waals surface area (Å²) in [7, 11) is 1.72. The minimum absolute atomic E-state index is 0.219. The van der Waals surface area contributed by atoms with Crippen molar-refractivity contribution in [3.63, 3.8) is 0 Å². The van der Waals surface area contributed by atoms with E-state index in [1.54, 1.807) is 65.4 Å². The number of ketones is 1. The SMILES string of the molecule is CCOC(=O)C(C(=O)c1c(C)cccc1Cl)c1ccccc1.O=P. The van der Waals surface area contributed by atoms with Crippen molar-refractivity contribution in [2.45, 2.75) is 19.8 Å². The lowest BCUT2D eigenvalue weighted by molar-refractivity contribution is -0.143. The average molecular weight is 365 g/mol. The molecule has 0 aromatic heterocycles. The lowest BCUT2D eigenvalue weighted by atomic mass is 9.89. The summed E-state index contributed by atoms with van der Waals surface area (Å²) in [6, 6.07) is 14.1. The molecule has 1 unspecified atom stereocenters. The van der Waals surface area contributed by atoms with E-state index in [-0.39, 0.29) is 12.4 Å². The maximum Gasteiger partial charge on any atom is 0.321 e. The lowest BCUT2D eigenvalue weighted by Gasteiger charge is -2.17. The Morgan fingerprint density at radius 2 is 1.71 bits per heavy atom. The molecule has 2 aromatic rings. The van der Waals surface area contributed by atoms with Crippen LogP contribution < -0.4 is 0 Å². The van der Waals surface area contributed by atoms with E-state index in [1.807, 2.05) is 6.07 Å². The van der Waals surface area contributed by atoms with Crippen LogP contribution in [0.2, 0.25) is 5.02 Å². The van der Waals surface area contributed by atoms with Crippen LogP contribution in [0.5, 0.6) is 0 Å². The zero-order valence-corrected chi connectivity index (χ0v) is 15.2. The Hall–Kier alpha value is -2.03. The highest BCUT2D eigenvalue weighted by Crippen LogP contribution is 2.28. The molecule has 0 radical (unpaired) electrons. The topological polar surface area (TPSA) is 60.4 Å². The van der Waals surface area contributed by atoms with Crippen molar-refractivity contribution < 1.29 is 18.9 Å². The van der Waals surface area contributed by atoms with E-state index >= 15 is 0 Å². The molecular weight excluding hydrogens is 347 g/mol. The smallest absolute Gasteiger partial charge is 0.321 e. The van der Waals surface area contributed by atoms with Crippen LogP contribution in [-0.4, -0.2) is 18.4 Å². The molecule has 0 amide bonds. The predicted octanol–water partition coefficient (Wildman–Crippen LogP) is 4.65. The van der Waals surface area contributed by atoms with E-state index < -0.39 is 11.9 Å². The standard InChI is InChI=1S/C18H17ClO3.HOP/c1-3-22-18(21)16(13-9-5-4-6-10-13)17(20)15-12(2)8-7-11-14(15)19;1-2/h4-11,16H,3H2,1-2H3;2H. The van der Waals surface area contributed by atoms with Gasteiger partial charge in [-0.05, 0) is 31.0 Å². The Kier molecular flexibility index (Phi) is 8.31. The molecule has 1 atom stereocenters. The number of carbonyl (C=O) groups excluding carboxylic acids is 2. The van der Waals surface area contributed by atoms with E-state index in [2.05, 4.69) is 0 Å². The molecule has 0 N–H and O–H groups in total. The minimum Gasteiger partial charge on any atom is -0.465 e. The van der Waals surface area contributed by atoms with Crippen LogP contribution in [0, 0.1) is 6.92 Å². The summed E-state index contributed by atoms with van der Waals surface area (Å²) < 4.78 is 13.1. The zero-order valence-electron chi connectivity index (χ0n) is 13.4. The number of hydrogen-bond acceptors (Lipinski definition) is 4. The van der Waals surface area contributed by atoms with E-state index in [0.29, 0.717) is 16.1 Å². The van der Waals surface area contributed by atoms with Gasteiger partial charge in [0.25, 0.3) is 0 Å². The highest BCUT2D eigenvalue weighted by Gasteiger charge is 2.32. The normalized spacial score (nSPS) is 11.0. The summed E-state index contributed by atoms with van der Waals surface area (Å²) in [5.41, 5.74) is 1.71. The second-order valence-electron chi connectivity index (χ2n) is 4.89. The van der Waals surface area contributed by atoms with Crippen molar-refractivity contribution >= 4 is 32.5 Å². The third kappa shape index (κ3) is 4.73. The first-order chi connectivity index (χ1) is 11.6. The number of Topliss-reactive ketones (excluding diaryl/α,β-unsaturated/α-hetero) is 1. The summed E-state index contributed by atoms with van der Waals surface area (Å²) in [4.78, 5) is 25.2. The van der Waals surface area contributed by atoms with Gasteiger partial charge in [0.15, 0.2) is 5.78 Å². The fraction of sp³-hybridized carbons (Fsp3) is 0.222. The molecule has 6 heteroatoms. The van der Waals surface area contributed by atoms with Gasteiger partial charge in [-0.1, -0.05) is 54.1 Å². The molecule has 0 aliphatic heterocycles. The third-order valence-corrected chi connectivity index (χ3v) is 3.70. The second-order valence-corrected chi connectivity index (χ2v) is 5.30. The number of esters is 1. The molecule has 0 heterocycles. The van der Waals surface area contributed by atoms with Crippen molar-refractivity contribution in [2.24, 2.45) is 0 Å². The molecule has 0 spiro atoms. The number of hydrogen-bond donors (Lipinski definition) is 0. The van der Waals surface area contributed by atoms with E-state index in [4.69, 9.17) is 20.9 Å². The summed E-state index contributed by atoms with van der Waals surface area (Å²) in [5, 5.41) is 0.343. The predicted molar refractivity (Wildman–Crippen MR) is 95.3 cm³/mol. The van der Waals surface area contributed by atoms with Gasteiger partial charge in [0.2, 0.25) is 0 Å². The van der Waals surface area contributed by atoms with Gasteiger partial charge in [0, 0.05) is 5.56 Å². The monoisotopic (exact) mass is 364 g/mol. The highest BCUT2D eigenvalue weighted by atomic mass is 35.5. The number of rotatable bonds is 5. The molecule has 2 aromatic carbocycles. The van der Waals surface area contributed by atoms with Crippen molar-refractivity contribution in [3.05, 3.63) is 70.2 Å². The Morgan fingerprint density at radius 3 is 2.25 bits per heavy atom. The molecular formula is C18H18ClO4P. The van der Waals surface area contributed by atoms with Gasteiger partial charge in [-0.15, -0.1) is 0 Å². The Morgan fingerprint density at radius 1 is 1.08 bits per heavy atom. The molecule has 2 rings (SSSR count). The lowest BCUT2D eigenvalue weighted by Crippen LogP contribution is -2.25. The molecule has 24 heavy (non-hydrogen) atoms. The van der Waals surface area contributed by atoms with Crippen molar-refractivity contribution in [3.8, 4) is 0 Å². The molecule has 0 saturated heterocycles. The average Bonchev–Trinajstić information content (AvgIpc) is 2.58. The van der Waals surface area contributed by atoms with Crippen molar-refractivity contribution in [1.82, 2.24) is 0 Å². The summed E-state index contributed by atoms with van der Waals surface area (Å²) in [6.45, 7) is 3.73. The number of carbonyl (C=O) groups is 2. The summed E-state index contributed by atoms with van der Waals surface area (Å²) in [6.07, 6.45) is 0. The first-order valence-electron chi connectivity index (χ1n) is 7.27. The quantitative estimate of drug-likeness (QED) is 0.335. The maximum atomic E-state index is 12.9. The van der Waals surface area contributed by atoms with Crippen LogP contribution in [-0.2, 0) is 14.1 Å². The van der Waals surface area contributed by atoms with Gasteiger partial charge in [0.1, 0.15) is 15.0 Å². The van der Waals surface area contributed by atoms with Gasteiger partial charge in [-0.3, -0.25) is 14.2 Å². The maximum absolute atomic E-state index is 12.9. The Balaban J connectivity index is 0.00000139. The summed E-state index contributed by atoms with van der Waals surface area (Å²) in [5.74, 6) is -1.90. The fourth-order valence-corrected chi connectivity index (χ4v) is 2.67. The summed E-state index contributed by atoms with van der Waals surface area (Å²) >= 11 is 6.16. The minimum atomic E-state index is -1.00. The molecule has 4 nitrogen and oxygen atoms in total. The van der Waals surface area contributed by atoms with Crippen LogP contribution in [0.15, 0.2) is 48.5 Å². The van der Waals surface area contributed by atoms with Gasteiger partial charge in [0.05, 0.1) is 11.6 Å². The van der Waals surface area contributed by atoms with Crippen LogP contribution >= 0.6 is 20.7 Å². The third-order valence-electron chi connectivity index (χ3n) is 3.39. The zero-order chi connectivity index (χ0) is 18.1. The first-order valence-corrected chi connectivity index (χ1v) is 8.06. The molecule has 0 fully saturated rings.